The summed E-state index contributed by atoms with van der Waals surface area (Å²) in [5, 5.41) is 12.5. The van der Waals surface area contributed by atoms with Gasteiger partial charge in [0.15, 0.2) is 9.84 Å². The smallest absolute Gasteiger partial charge is 0.233 e. The number of tetrazole rings is 1. The maximum absolute atomic E-state index is 13.2. The summed E-state index contributed by atoms with van der Waals surface area (Å²) < 4.78 is 25.7. The SMILES string of the molecule is Cc1ccc(-n2nnnc2SCC(=O)N(C2CCCC2)C2CCS(=O)(=O)C2)cc1C. The molecule has 1 aromatic heterocycles. The van der Waals surface area contributed by atoms with Gasteiger partial charge in [-0.15, -0.1) is 5.10 Å². The first kappa shape index (κ1) is 21.3. The monoisotopic (exact) mass is 449 g/mol. The van der Waals surface area contributed by atoms with E-state index in [1.165, 1.54) is 17.3 Å². The number of hydrogen-bond donors (Lipinski definition) is 0. The van der Waals surface area contributed by atoms with Crippen LogP contribution in [-0.2, 0) is 14.6 Å². The van der Waals surface area contributed by atoms with Crippen LogP contribution >= 0.6 is 11.8 Å². The van der Waals surface area contributed by atoms with Crippen LogP contribution in [0.3, 0.4) is 0 Å². The zero-order valence-electron chi connectivity index (χ0n) is 17.3. The van der Waals surface area contributed by atoms with Crippen LogP contribution in [-0.4, -0.2) is 68.8 Å². The van der Waals surface area contributed by atoms with Crippen molar-refractivity contribution in [2.45, 2.75) is 63.2 Å². The van der Waals surface area contributed by atoms with Crippen molar-refractivity contribution in [3.8, 4) is 5.69 Å². The lowest BCUT2D eigenvalue weighted by Crippen LogP contribution is -2.47. The van der Waals surface area contributed by atoms with Gasteiger partial charge in [-0.1, -0.05) is 30.7 Å². The molecule has 10 heteroatoms. The van der Waals surface area contributed by atoms with Gasteiger partial charge in [-0.2, -0.15) is 4.68 Å². The molecule has 0 N–H and O–H groups in total. The summed E-state index contributed by atoms with van der Waals surface area (Å²) >= 11 is 1.30. The lowest BCUT2D eigenvalue weighted by atomic mass is 10.1. The Labute approximate surface area is 181 Å². The fraction of sp³-hybridized carbons (Fsp3) is 0.600. The number of aryl methyl sites for hydroxylation is 2. The molecule has 1 aliphatic carbocycles. The third-order valence-corrected chi connectivity index (χ3v) is 8.76. The quantitative estimate of drug-likeness (QED) is 0.624. The first-order valence-electron chi connectivity index (χ1n) is 10.3. The maximum atomic E-state index is 13.2. The minimum absolute atomic E-state index is 0.0244. The van der Waals surface area contributed by atoms with E-state index in [2.05, 4.69) is 15.5 Å². The normalized spacial score (nSPS) is 21.2. The largest absolute Gasteiger partial charge is 0.335 e. The summed E-state index contributed by atoms with van der Waals surface area (Å²) in [5.74, 6) is 0.425. The standard InChI is InChI=1S/C20H27N5O3S2/c1-14-7-8-17(11-15(14)2)25-20(21-22-23-25)29-12-19(26)24(16-5-3-4-6-16)18-9-10-30(27,28)13-18/h7-8,11,16,18H,3-6,9-10,12-13H2,1-2H3. The fourth-order valence-corrected chi connectivity index (χ4v) is 6.84. The first-order valence-corrected chi connectivity index (χ1v) is 13.1. The molecule has 1 amide bonds. The van der Waals surface area contributed by atoms with Gasteiger partial charge >= 0.3 is 0 Å². The van der Waals surface area contributed by atoms with Gasteiger partial charge in [0.2, 0.25) is 11.1 Å². The molecule has 0 bridgehead atoms. The third kappa shape index (κ3) is 4.54. The van der Waals surface area contributed by atoms with E-state index in [4.69, 9.17) is 0 Å². The number of carbonyl (C=O) groups excluding carboxylic acids is 1. The Kier molecular flexibility index (Phi) is 6.15. The molecule has 4 rings (SSSR count). The van der Waals surface area contributed by atoms with Crippen molar-refractivity contribution in [3.63, 3.8) is 0 Å². The molecule has 1 aromatic carbocycles. The Morgan fingerprint density at radius 2 is 1.93 bits per heavy atom. The van der Waals surface area contributed by atoms with Crippen LogP contribution in [0, 0.1) is 13.8 Å². The van der Waals surface area contributed by atoms with Crippen LogP contribution in [0.2, 0.25) is 0 Å². The predicted octanol–water partition coefficient (Wildman–Crippen LogP) is 2.33. The second-order valence-electron chi connectivity index (χ2n) is 8.23. The summed E-state index contributed by atoms with van der Waals surface area (Å²) in [7, 11) is -3.05. The Morgan fingerprint density at radius 1 is 1.17 bits per heavy atom. The van der Waals surface area contributed by atoms with E-state index >= 15 is 0 Å². The number of aromatic nitrogens is 4. The Bertz CT molecular complexity index is 1030. The number of nitrogens with zero attached hydrogens (tertiary/aromatic N) is 5. The van der Waals surface area contributed by atoms with E-state index in [0.717, 1.165) is 36.9 Å². The molecule has 162 valence electrons. The highest BCUT2D eigenvalue weighted by Crippen LogP contribution is 2.30. The number of carbonyl (C=O) groups is 1. The molecular formula is C20H27N5O3S2. The van der Waals surface area contributed by atoms with E-state index < -0.39 is 9.84 Å². The van der Waals surface area contributed by atoms with Gasteiger partial charge in [0.05, 0.1) is 22.9 Å². The lowest BCUT2D eigenvalue weighted by Gasteiger charge is -2.34. The Hall–Kier alpha value is -1.94. The van der Waals surface area contributed by atoms with Gasteiger partial charge in [0.25, 0.3) is 0 Å². The number of benzene rings is 1. The van der Waals surface area contributed by atoms with Gasteiger partial charge in [-0.25, -0.2) is 8.42 Å². The lowest BCUT2D eigenvalue weighted by molar-refractivity contribution is -0.132. The molecule has 1 aliphatic heterocycles. The number of amides is 1. The van der Waals surface area contributed by atoms with E-state index in [1.807, 2.05) is 36.9 Å². The molecule has 1 unspecified atom stereocenters. The Balaban J connectivity index is 1.49. The van der Waals surface area contributed by atoms with Crippen molar-refractivity contribution in [2.24, 2.45) is 0 Å². The molecule has 2 heterocycles. The average molecular weight is 450 g/mol. The number of rotatable bonds is 6. The highest BCUT2D eigenvalue weighted by molar-refractivity contribution is 7.99. The molecule has 1 atom stereocenters. The summed E-state index contributed by atoms with van der Waals surface area (Å²) in [5.41, 5.74) is 3.19. The first-order chi connectivity index (χ1) is 14.3. The number of sulfone groups is 1. The molecular weight excluding hydrogens is 422 g/mol. The van der Waals surface area contributed by atoms with Gasteiger partial charge < -0.3 is 4.90 Å². The highest BCUT2D eigenvalue weighted by Gasteiger charge is 2.39. The second-order valence-corrected chi connectivity index (χ2v) is 11.4. The zero-order valence-corrected chi connectivity index (χ0v) is 19.0. The predicted molar refractivity (Wildman–Crippen MR) is 116 cm³/mol. The average Bonchev–Trinajstić information content (AvgIpc) is 3.44. The fourth-order valence-electron chi connectivity index (χ4n) is 4.37. The van der Waals surface area contributed by atoms with Gasteiger partial charge in [-0.05, 0) is 66.8 Å². The van der Waals surface area contributed by atoms with Crippen LogP contribution < -0.4 is 0 Å². The molecule has 2 aromatic rings. The van der Waals surface area contributed by atoms with Crippen LogP contribution in [0.4, 0.5) is 0 Å². The van der Waals surface area contributed by atoms with E-state index in [1.54, 1.807) is 4.68 Å². The van der Waals surface area contributed by atoms with Crippen LogP contribution in [0.15, 0.2) is 23.4 Å². The molecule has 2 fully saturated rings. The number of thioether (sulfide) groups is 1. The topological polar surface area (TPSA) is 98.1 Å². The summed E-state index contributed by atoms with van der Waals surface area (Å²) in [6, 6.07) is 5.94. The van der Waals surface area contributed by atoms with Crippen molar-refractivity contribution in [1.82, 2.24) is 25.1 Å². The van der Waals surface area contributed by atoms with Crippen molar-refractivity contribution in [2.75, 3.05) is 17.3 Å². The van der Waals surface area contributed by atoms with Gasteiger partial charge in [0.1, 0.15) is 0 Å². The van der Waals surface area contributed by atoms with E-state index in [-0.39, 0.29) is 35.2 Å². The van der Waals surface area contributed by atoms with Crippen molar-refractivity contribution < 1.29 is 13.2 Å². The molecule has 1 saturated heterocycles. The zero-order chi connectivity index (χ0) is 21.3. The maximum Gasteiger partial charge on any atom is 0.233 e. The minimum Gasteiger partial charge on any atom is -0.335 e. The highest BCUT2D eigenvalue weighted by atomic mass is 32.2. The van der Waals surface area contributed by atoms with Gasteiger partial charge in [0, 0.05) is 12.1 Å². The number of hydrogen-bond acceptors (Lipinski definition) is 7. The van der Waals surface area contributed by atoms with Crippen molar-refractivity contribution in [3.05, 3.63) is 29.3 Å². The van der Waals surface area contributed by atoms with E-state index in [9.17, 15) is 13.2 Å². The summed E-state index contributed by atoms with van der Waals surface area (Å²) in [6.07, 6.45) is 4.62. The molecule has 0 spiro atoms. The molecule has 2 aliphatic rings. The van der Waals surface area contributed by atoms with Crippen molar-refractivity contribution in [1.29, 1.82) is 0 Å². The van der Waals surface area contributed by atoms with Crippen LogP contribution in [0.5, 0.6) is 0 Å². The molecule has 1 saturated carbocycles. The van der Waals surface area contributed by atoms with Crippen LogP contribution in [0.25, 0.3) is 5.69 Å². The third-order valence-electron chi connectivity index (χ3n) is 6.11. The van der Waals surface area contributed by atoms with Crippen LogP contribution in [0.1, 0.15) is 43.2 Å². The minimum atomic E-state index is -3.05. The molecule has 8 nitrogen and oxygen atoms in total. The van der Waals surface area contributed by atoms with E-state index in [0.29, 0.717) is 11.6 Å². The summed E-state index contributed by atoms with van der Waals surface area (Å²) in [4.78, 5) is 15.1. The Morgan fingerprint density at radius 3 is 2.60 bits per heavy atom. The molecule has 30 heavy (non-hydrogen) atoms. The van der Waals surface area contributed by atoms with Gasteiger partial charge in [-0.3, -0.25) is 4.79 Å². The molecule has 0 radical (unpaired) electrons. The van der Waals surface area contributed by atoms with Crippen molar-refractivity contribution >= 4 is 27.5 Å². The summed E-state index contributed by atoms with van der Waals surface area (Å²) in [6.45, 7) is 4.09. The second kappa shape index (κ2) is 8.66.